The number of carbonyl (C=O) groups is 1. The van der Waals surface area contributed by atoms with E-state index < -0.39 is 17.5 Å². The SMILES string of the molecule is COC(=O)c1cc(N=C=O)c(F)cc1O. The number of phenols is 1. The van der Waals surface area contributed by atoms with E-state index in [-0.39, 0.29) is 11.3 Å². The molecule has 0 saturated heterocycles. The van der Waals surface area contributed by atoms with Crippen molar-refractivity contribution < 1.29 is 23.8 Å². The molecule has 5 nitrogen and oxygen atoms in total. The number of halogens is 1. The first kappa shape index (κ1) is 10.9. The van der Waals surface area contributed by atoms with E-state index in [4.69, 9.17) is 0 Å². The summed E-state index contributed by atoms with van der Waals surface area (Å²) < 4.78 is 17.3. The molecule has 1 aromatic carbocycles. The number of methoxy groups -OCH3 is 1. The number of hydrogen-bond acceptors (Lipinski definition) is 5. The van der Waals surface area contributed by atoms with E-state index >= 15 is 0 Å². The van der Waals surface area contributed by atoms with Gasteiger partial charge in [-0.1, -0.05) is 0 Å². The Bertz CT molecular complexity index is 452. The lowest BCUT2D eigenvalue weighted by atomic mass is 10.1. The van der Waals surface area contributed by atoms with Crippen molar-refractivity contribution in [3.05, 3.63) is 23.5 Å². The lowest BCUT2D eigenvalue weighted by Crippen LogP contribution is -2.01. The second-order valence-electron chi connectivity index (χ2n) is 2.52. The Kier molecular flexibility index (Phi) is 3.15. The minimum atomic E-state index is -0.927. The molecule has 0 spiro atoms. The van der Waals surface area contributed by atoms with Crippen LogP contribution in [0.15, 0.2) is 17.1 Å². The molecule has 0 aliphatic carbocycles. The highest BCUT2D eigenvalue weighted by Crippen LogP contribution is 2.27. The Morgan fingerprint density at radius 2 is 2.27 bits per heavy atom. The van der Waals surface area contributed by atoms with Crippen molar-refractivity contribution in [2.75, 3.05) is 7.11 Å². The first-order chi connectivity index (χ1) is 7.10. The van der Waals surface area contributed by atoms with Crippen molar-refractivity contribution in [1.29, 1.82) is 0 Å². The van der Waals surface area contributed by atoms with Crippen LogP contribution in [0.5, 0.6) is 5.75 Å². The van der Waals surface area contributed by atoms with E-state index in [0.29, 0.717) is 6.07 Å². The number of hydrogen-bond donors (Lipinski definition) is 1. The van der Waals surface area contributed by atoms with Crippen LogP contribution in [-0.4, -0.2) is 24.3 Å². The smallest absolute Gasteiger partial charge is 0.341 e. The molecule has 0 aliphatic heterocycles. The molecule has 1 aromatic rings. The highest BCUT2D eigenvalue weighted by atomic mass is 19.1. The normalized spacial score (nSPS) is 9.20. The van der Waals surface area contributed by atoms with Crippen LogP contribution in [-0.2, 0) is 9.53 Å². The minimum Gasteiger partial charge on any atom is -0.507 e. The van der Waals surface area contributed by atoms with Gasteiger partial charge in [-0.3, -0.25) is 0 Å². The highest BCUT2D eigenvalue weighted by Gasteiger charge is 2.15. The number of ether oxygens (including phenoxy) is 1. The summed E-state index contributed by atoms with van der Waals surface area (Å²) in [6.07, 6.45) is 1.13. The molecular weight excluding hydrogens is 205 g/mol. The quantitative estimate of drug-likeness (QED) is 0.454. The summed E-state index contributed by atoms with van der Waals surface area (Å²) in [6.45, 7) is 0. The van der Waals surface area contributed by atoms with Gasteiger partial charge in [-0.05, 0) is 6.07 Å². The van der Waals surface area contributed by atoms with Gasteiger partial charge in [0.2, 0.25) is 6.08 Å². The lowest BCUT2D eigenvalue weighted by Gasteiger charge is -2.03. The number of nitrogens with zero attached hydrogens (tertiary/aromatic N) is 1. The minimum absolute atomic E-state index is 0.270. The fourth-order valence-corrected chi connectivity index (χ4v) is 0.960. The molecule has 0 fully saturated rings. The molecule has 0 aliphatic rings. The molecule has 0 heterocycles. The highest BCUT2D eigenvalue weighted by molar-refractivity contribution is 5.93. The van der Waals surface area contributed by atoms with E-state index in [1.165, 1.54) is 0 Å². The van der Waals surface area contributed by atoms with Gasteiger partial charge >= 0.3 is 5.97 Å². The molecule has 0 bridgehead atoms. The number of carbonyl (C=O) groups excluding carboxylic acids is 2. The van der Waals surface area contributed by atoms with E-state index in [0.717, 1.165) is 19.3 Å². The van der Waals surface area contributed by atoms with E-state index in [1.54, 1.807) is 0 Å². The summed E-state index contributed by atoms with van der Waals surface area (Å²) in [5, 5.41) is 9.20. The molecule has 78 valence electrons. The van der Waals surface area contributed by atoms with E-state index in [1.807, 2.05) is 0 Å². The average molecular weight is 211 g/mol. The molecule has 15 heavy (non-hydrogen) atoms. The number of isocyanates is 1. The number of benzene rings is 1. The summed E-state index contributed by atoms with van der Waals surface area (Å²) in [5.41, 5.74) is -0.656. The Labute approximate surface area is 83.8 Å². The Balaban J connectivity index is 3.35. The molecule has 0 saturated carbocycles. The van der Waals surface area contributed by atoms with Gasteiger partial charge in [0.1, 0.15) is 17.0 Å². The van der Waals surface area contributed by atoms with Gasteiger partial charge in [0.05, 0.1) is 7.11 Å². The van der Waals surface area contributed by atoms with Gasteiger partial charge in [-0.25, -0.2) is 14.0 Å². The van der Waals surface area contributed by atoms with Crippen LogP contribution < -0.4 is 0 Å². The Hall–Kier alpha value is -2.20. The molecule has 0 unspecified atom stereocenters. The molecule has 0 atom stereocenters. The van der Waals surface area contributed by atoms with Gasteiger partial charge in [0, 0.05) is 6.07 Å². The first-order valence-corrected chi connectivity index (χ1v) is 3.79. The average Bonchev–Trinajstić information content (AvgIpc) is 2.21. The molecule has 1 N–H and O–H groups in total. The number of phenolic OH excluding ortho intramolecular Hbond substituents is 1. The molecule has 0 radical (unpaired) electrons. The number of esters is 1. The monoisotopic (exact) mass is 211 g/mol. The van der Waals surface area contributed by atoms with Crippen LogP contribution in [0, 0.1) is 5.82 Å². The lowest BCUT2D eigenvalue weighted by molar-refractivity contribution is 0.0597. The Morgan fingerprint density at radius 1 is 1.60 bits per heavy atom. The molecule has 1 rings (SSSR count). The third-order valence-corrected chi connectivity index (χ3v) is 1.64. The first-order valence-electron chi connectivity index (χ1n) is 3.79. The summed E-state index contributed by atoms with van der Waals surface area (Å²) in [5.74, 6) is -2.36. The maximum Gasteiger partial charge on any atom is 0.341 e. The predicted octanol–water partition coefficient (Wildman–Crippen LogP) is 1.29. The van der Waals surface area contributed by atoms with Crippen molar-refractivity contribution in [1.82, 2.24) is 0 Å². The van der Waals surface area contributed by atoms with Crippen molar-refractivity contribution in [2.24, 2.45) is 4.99 Å². The number of aromatic hydroxyl groups is 1. The summed E-state index contributed by atoms with van der Waals surface area (Å²) in [6, 6.07) is 1.57. The fourth-order valence-electron chi connectivity index (χ4n) is 0.960. The molecule has 0 amide bonds. The summed E-state index contributed by atoms with van der Waals surface area (Å²) in [4.78, 5) is 24.0. The number of aliphatic imine (C=N–C) groups is 1. The van der Waals surface area contributed by atoms with Crippen LogP contribution in [0.25, 0.3) is 0 Å². The fraction of sp³-hybridized carbons (Fsp3) is 0.111. The topological polar surface area (TPSA) is 76.0 Å². The van der Waals surface area contributed by atoms with Crippen LogP contribution >= 0.6 is 0 Å². The second kappa shape index (κ2) is 4.34. The van der Waals surface area contributed by atoms with Crippen LogP contribution in [0.3, 0.4) is 0 Å². The zero-order valence-electron chi connectivity index (χ0n) is 7.65. The van der Waals surface area contributed by atoms with Crippen LogP contribution in [0.2, 0.25) is 0 Å². The summed E-state index contributed by atoms with van der Waals surface area (Å²) >= 11 is 0. The van der Waals surface area contributed by atoms with Gasteiger partial charge in [0.25, 0.3) is 0 Å². The maximum atomic E-state index is 13.0. The van der Waals surface area contributed by atoms with E-state index in [9.17, 15) is 19.1 Å². The van der Waals surface area contributed by atoms with Gasteiger partial charge in [-0.2, -0.15) is 4.99 Å². The van der Waals surface area contributed by atoms with Crippen molar-refractivity contribution in [3.63, 3.8) is 0 Å². The zero-order chi connectivity index (χ0) is 11.4. The van der Waals surface area contributed by atoms with Gasteiger partial charge < -0.3 is 9.84 Å². The van der Waals surface area contributed by atoms with Crippen molar-refractivity contribution >= 4 is 17.7 Å². The Morgan fingerprint density at radius 3 is 2.80 bits per heavy atom. The second-order valence-corrected chi connectivity index (χ2v) is 2.52. The van der Waals surface area contributed by atoms with Crippen LogP contribution in [0.1, 0.15) is 10.4 Å². The molecule has 0 aromatic heterocycles. The standard InChI is InChI=1S/C9H6FNO4/c1-15-9(14)5-2-7(11-4-12)6(10)3-8(5)13/h2-3,13H,1H3. The van der Waals surface area contributed by atoms with E-state index in [2.05, 4.69) is 9.73 Å². The third kappa shape index (κ3) is 2.18. The number of rotatable bonds is 2. The maximum absolute atomic E-state index is 13.0. The zero-order valence-corrected chi connectivity index (χ0v) is 7.65. The van der Waals surface area contributed by atoms with Crippen LogP contribution in [0.4, 0.5) is 10.1 Å². The predicted molar refractivity (Wildman–Crippen MR) is 47.2 cm³/mol. The third-order valence-electron chi connectivity index (χ3n) is 1.64. The largest absolute Gasteiger partial charge is 0.507 e. The van der Waals surface area contributed by atoms with Crippen molar-refractivity contribution in [3.8, 4) is 5.75 Å². The van der Waals surface area contributed by atoms with Gasteiger partial charge in [0.15, 0.2) is 5.82 Å². The summed E-state index contributed by atoms with van der Waals surface area (Å²) in [7, 11) is 1.10. The molecule has 6 heteroatoms. The molecular formula is C9H6FNO4. The van der Waals surface area contributed by atoms with Gasteiger partial charge in [-0.15, -0.1) is 0 Å². The van der Waals surface area contributed by atoms with Crippen molar-refractivity contribution in [2.45, 2.75) is 0 Å².